The zero-order valence-electron chi connectivity index (χ0n) is 16.6. The van der Waals surface area contributed by atoms with Gasteiger partial charge in [0.1, 0.15) is 5.69 Å². The van der Waals surface area contributed by atoms with Gasteiger partial charge in [0, 0.05) is 37.5 Å². The molecular weight excluding hydrogens is 366 g/mol. The quantitative estimate of drug-likeness (QED) is 0.780. The maximum Gasteiger partial charge on any atom is 0.270 e. The summed E-state index contributed by atoms with van der Waals surface area (Å²) in [5, 5.41) is 6.11. The summed E-state index contributed by atoms with van der Waals surface area (Å²) in [6.45, 7) is 3.48. The van der Waals surface area contributed by atoms with E-state index < -0.39 is 0 Å². The van der Waals surface area contributed by atoms with Gasteiger partial charge in [-0.3, -0.25) is 4.79 Å². The van der Waals surface area contributed by atoms with Crippen molar-refractivity contribution in [2.45, 2.75) is 57.4 Å². The molecule has 1 saturated heterocycles. The second-order valence-electron chi connectivity index (χ2n) is 8.34. The highest BCUT2D eigenvalue weighted by Gasteiger charge is 2.24. The molecule has 4 rings (SSSR count). The number of nitrogens with one attached hydrogen (secondary N) is 1. The fourth-order valence-corrected chi connectivity index (χ4v) is 5.33. The summed E-state index contributed by atoms with van der Waals surface area (Å²) in [5.74, 6) is 0.888. The van der Waals surface area contributed by atoms with Crippen molar-refractivity contribution in [3.63, 3.8) is 0 Å². The number of likely N-dealkylation sites (tertiary alicyclic amines) is 1. The van der Waals surface area contributed by atoms with Gasteiger partial charge in [-0.1, -0.05) is 49.6 Å². The smallest absolute Gasteiger partial charge is 0.270 e. The molecular formula is C23H31N3OS. The topological polar surface area (TPSA) is 45.2 Å². The maximum absolute atomic E-state index is 12.6. The lowest BCUT2D eigenvalue weighted by Gasteiger charge is -2.35. The molecule has 2 aliphatic rings. The van der Waals surface area contributed by atoms with Crippen LogP contribution < -0.4 is 5.32 Å². The first kappa shape index (κ1) is 19.6. The molecule has 2 fully saturated rings. The third-order valence-corrected chi connectivity index (χ3v) is 7.00. The Morgan fingerprint density at radius 1 is 1.07 bits per heavy atom. The molecule has 1 aliphatic carbocycles. The van der Waals surface area contributed by atoms with Crippen LogP contribution in [0.5, 0.6) is 0 Å². The van der Waals surface area contributed by atoms with Gasteiger partial charge in [0.15, 0.2) is 0 Å². The van der Waals surface area contributed by atoms with Crippen LogP contribution in [0.3, 0.4) is 0 Å². The molecule has 0 radical (unpaired) electrons. The molecule has 0 atom stereocenters. The Kier molecular flexibility index (Phi) is 6.76. The summed E-state index contributed by atoms with van der Waals surface area (Å²) in [7, 11) is 0. The van der Waals surface area contributed by atoms with Crippen molar-refractivity contribution in [1.29, 1.82) is 0 Å². The van der Waals surface area contributed by atoms with Crippen molar-refractivity contribution >= 4 is 17.2 Å². The van der Waals surface area contributed by atoms with Gasteiger partial charge in [0.2, 0.25) is 0 Å². The lowest BCUT2D eigenvalue weighted by atomic mass is 9.88. The number of hydrogen-bond donors (Lipinski definition) is 1. The van der Waals surface area contributed by atoms with Crippen LogP contribution in [0.15, 0.2) is 35.7 Å². The van der Waals surface area contributed by atoms with Crippen LogP contribution in [0.1, 0.15) is 66.0 Å². The Hall–Kier alpha value is -1.72. The van der Waals surface area contributed by atoms with Gasteiger partial charge in [-0.2, -0.15) is 0 Å². The Bertz CT molecular complexity index is 746. The molecule has 5 heteroatoms. The first-order valence-electron chi connectivity index (χ1n) is 10.8. The van der Waals surface area contributed by atoms with E-state index in [2.05, 4.69) is 27.3 Å². The molecule has 150 valence electrons. The van der Waals surface area contributed by atoms with Gasteiger partial charge in [-0.15, -0.1) is 11.3 Å². The number of amides is 1. The number of thiazole rings is 1. The Labute approximate surface area is 172 Å². The van der Waals surface area contributed by atoms with E-state index in [0.717, 1.165) is 43.3 Å². The van der Waals surface area contributed by atoms with E-state index in [9.17, 15) is 4.79 Å². The number of benzene rings is 1. The third-order valence-electron chi connectivity index (χ3n) is 6.15. The summed E-state index contributed by atoms with van der Waals surface area (Å²) in [6.07, 6.45) is 9.97. The Balaban J connectivity index is 1.22. The zero-order valence-corrected chi connectivity index (χ0v) is 17.4. The Morgan fingerprint density at radius 3 is 2.57 bits per heavy atom. The van der Waals surface area contributed by atoms with Crippen LogP contribution in [0.25, 0.3) is 0 Å². The Morgan fingerprint density at radius 2 is 1.82 bits per heavy atom. The monoisotopic (exact) mass is 397 g/mol. The highest BCUT2D eigenvalue weighted by Crippen LogP contribution is 2.25. The average molecular weight is 398 g/mol. The van der Waals surface area contributed by atoms with Crippen molar-refractivity contribution in [2.24, 2.45) is 5.92 Å². The normalized spacial score (nSPS) is 19.6. The lowest BCUT2D eigenvalue weighted by molar-refractivity contribution is 0.0897. The summed E-state index contributed by atoms with van der Waals surface area (Å²) >= 11 is 1.57. The van der Waals surface area contributed by atoms with Crippen LogP contribution in [0.2, 0.25) is 0 Å². The summed E-state index contributed by atoms with van der Waals surface area (Å²) in [5.41, 5.74) is 1.80. The minimum absolute atomic E-state index is 0.0127. The van der Waals surface area contributed by atoms with E-state index in [-0.39, 0.29) is 11.9 Å². The highest BCUT2D eigenvalue weighted by molar-refractivity contribution is 7.09. The molecule has 1 aliphatic heterocycles. The minimum atomic E-state index is -0.0127. The van der Waals surface area contributed by atoms with Gasteiger partial charge in [0.05, 0.1) is 5.01 Å². The molecule has 1 aromatic carbocycles. The third kappa shape index (κ3) is 5.42. The SMILES string of the molecule is O=C(NC1CCN(CC2CCCCC2)CC1)c1csc(Cc2ccccc2)n1. The van der Waals surface area contributed by atoms with E-state index in [1.165, 1.54) is 44.2 Å². The molecule has 0 spiro atoms. The molecule has 1 aromatic heterocycles. The van der Waals surface area contributed by atoms with Crippen LogP contribution in [-0.2, 0) is 6.42 Å². The molecule has 1 N–H and O–H groups in total. The van der Waals surface area contributed by atoms with Crippen molar-refractivity contribution in [2.75, 3.05) is 19.6 Å². The number of hydrogen-bond acceptors (Lipinski definition) is 4. The second-order valence-corrected chi connectivity index (χ2v) is 9.28. The molecule has 0 bridgehead atoms. The highest BCUT2D eigenvalue weighted by atomic mass is 32.1. The largest absolute Gasteiger partial charge is 0.348 e. The second kappa shape index (κ2) is 9.66. The number of carbonyl (C=O) groups is 1. The zero-order chi connectivity index (χ0) is 19.2. The fraction of sp³-hybridized carbons (Fsp3) is 0.565. The lowest BCUT2D eigenvalue weighted by Crippen LogP contribution is -2.46. The molecule has 2 heterocycles. The van der Waals surface area contributed by atoms with Crippen molar-refractivity contribution in [1.82, 2.24) is 15.2 Å². The minimum Gasteiger partial charge on any atom is -0.348 e. The van der Waals surface area contributed by atoms with Gasteiger partial charge >= 0.3 is 0 Å². The van der Waals surface area contributed by atoms with E-state index in [1.807, 2.05) is 23.6 Å². The van der Waals surface area contributed by atoms with Gasteiger partial charge in [0.25, 0.3) is 5.91 Å². The number of piperidine rings is 1. The van der Waals surface area contributed by atoms with Crippen molar-refractivity contribution in [3.8, 4) is 0 Å². The number of nitrogens with zero attached hydrogens (tertiary/aromatic N) is 2. The number of rotatable bonds is 6. The molecule has 28 heavy (non-hydrogen) atoms. The van der Waals surface area contributed by atoms with Gasteiger partial charge < -0.3 is 10.2 Å². The molecule has 2 aromatic rings. The van der Waals surface area contributed by atoms with Crippen LogP contribution in [0, 0.1) is 5.92 Å². The van der Waals surface area contributed by atoms with Crippen LogP contribution >= 0.6 is 11.3 Å². The number of aromatic nitrogens is 1. The first-order chi connectivity index (χ1) is 13.8. The first-order valence-corrected chi connectivity index (χ1v) is 11.7. The average Bonchev–Trinajstić information content (AvgIpc) is 3.20. The molecule has 4 nitrogen and oxygen atoms in total. The van der Waals surface area contributed by atoms with Gasteiger partial charge in [-0.25, -0.2) is 4.98 Å². The number of carbonyl (C=O) groups excluding carboxylic acids is 1. The predicted octanol–water partition coefficient (Wildman–Crippen LogP) is 4.51. The van der Waals surface area contributed by atoms with E-state index in [0.29, 0.717) is 5.69 Å². The maximum atomic E-state index is 12.6. The molecule has 1 amide bonds. The summed E-state index contributed by atoms with van der Waals surface area (Å²) in [4.78, 5) is 19.8. The van der Waals surface area contributed by atoms with E-state index in [1.54, 1.807) is 11.3 Å². The standard InChI is InChI=1S/C23H31N3OS/c27-23(21-17-28-22(25-21)15-18-7-3-1-4-8-18)24-20-11-13-26(14-12-20)16-19-9-5-2-6-10-19/h1,3-4,7-8,17,19-20H,2,5-6,9-16H2,(H,24,27). The van der Waals surface area contributed by atoms with Crippen LogP contribution in [0.4, 0.5) is 0 Å². The molecule has 0 unspecified atom stereocenters. The van der Waals surface area contributed by atoms with E-state index >= 15 is 0 Å². The van der Waals surface area contributed by atoms with Gasteiger partial charge in [-0.05, 0) is 37.2 Å². The summed E-state index contributed by atoms with van der Waals surface area (Å²) < 4.78 is 0. The van der Waals surface area contributed by atoms with Crippen molar-refractivity contribution < 1.29 is 4.79 Å². The van der Waals surface area contributed by atoms with E-state index in [4.69, 9.17) is 0 Å². The fourth-order valence-electron chi connectivity index (χ4n) is 4.52. The summed E-state index contributed by atoms with van der Waals surface area (Å²) in [6, 6.07) is 10.6. The van der Waals surface area contributed by atoms with Crippen LogP contribution in [-0.4, -0.2) is 41.5 Å². The predicted molar refractivity (Wildman–Crippen MR) is 115 cm³/mol. The van der Waals surface area contributed by atoms with Crippen molar-refractivity contribution in [3.05, 3.63) is 52.0 Å². The molecule has 1 saturated carbocycles.